The van der Waals surface area contributed by atoms with E-state index >= 15 is 0 Å². The van der Waals surface area contributed by atoms with Crippen molar-refractivity contribution in [2.45, 2.75) is 6.10 Å². The smallest absolute Gasteiger partial charge is 0.260 e. The lowest BCUT2D eigenvalue weighted by Crippen LogP contribution is -2.51. The number of hydrogen-bond acceptors (Lipinski definition) is 5. The molecule has 6 nitrogen and oxygen atoms in total. The second-order valence-corrected chi connectivity index (χ2v) is 7.73. The normalized spacial score (nSPS) is 15.6. The van der Waals surface area contributed by atoms with Gasteiger partial charge in [-0.2, -0.15) is 0 Å². The molecule has 1 aliphatic heterocycles. The summed E-state index contributed by atoms with van der Waals surface area (Å²) in [5.41, 5.74) is 0. The molecule has 0 spiro atoms. The Morgan fingerprint density at radius 1 is 0.871 bits per heavy atom. The van der Waals surface area contributed by atoms with Crippen molar-refractivity contribution in [3.05, 3.63) is 72.8 Å². The minimum Gasteiger partial charge on any atom is -0.491 e. The SMILES string of the molecule is O=C(COc1cccc2ccccc12)N1CCN(CC(O)COc2ccccc2)CC1. The van der Waals surface area contributed by atoms with E-state index in [1.165, 1.54) is 0 Å². The summed E-state index contributed by atoms with van der Waals surface area (Å²) < 4.78 is 11.5. The van der Waals surface area contributed by atoms with Crippen LogP contribution in [0.1, 0.15) is 0 Å². The largest absolute Gasteiger partial charge is 0.491 e. The summed E-state index contributed by atoms with van der Waals surface area (Å²) in [6, 6.07) is 23.3. The van der Waals surface area contributed by atoms with Crippen LogP contribution in [-0.2, 0) is 4.79 Å². The van der Waals surface area contributed by atoms with Gasteiger partial charge in [0, 0.05) is 38.1 Å². The first-order valence-corrected chi connectivity index (χ1v) is 10.7. The molecular weight excluding hydrogens is 392 g/mol. The Labute approximate surface area is 182 Å². The molecule has 31 heavy (non-hydrogen) atoms. The monoisotopic (exact) mass is 420 g/mol. The molecule has 162 valence electrons. The molecule has 1 N–H and O–H groups in total. The maximum Gasteiger partial charge on any atom is 0.260 e. The summed E-state index contributed by atoms with van der Waals surface area (Å²) in [6.07, 6.45) is -0.572. The van der Waals surface area contributed by atoms with Crippen LogP contribution >= 0.6 is 0 Å². The zero-order valence-corrected chi connectivity index (χ0v) is 17.5. The van der Waals surface area contributed by atoms with Crippen LogP contribution in [0.25, 0.3) is 10.8 Å². The van der Waals surface area contributed by atoms with Crippen molar-refractivity contribution in [3.63, 3.8) is 0 Å². The van der Waals surface area contributed by atoms with Gasteiger partial charge in [-0.25, -0.2) is 0 Å². The molecule has 1 aliphatic rings. The number of fused-ring (bicyclic) bond motifs is 1. The lowest BCUT2D eigenvalue weighted by atomic mass is 10.1. The van der Waals surface area contributed by atoms with E-state index in [4.69, 9.17) is 9.47 Å². The number of rotatable bonds is 8. The van der Waals surface area contributed by atoms with E-state index in [2.05, 4.69) is 4.90 Å². The van der Waals surface area contributed by atoms with E-state index in [9.17, 15) is 9.90 Å². The van der Waals surface area contributed by atoms with Gasteiger partial charge in [0.25, 0.3) is 5.91 Å². The molecule has 1 unspecified atom stereocenters. The number of β-amino-alcohol motifs (C(OH)–C–C–N with tert-alkyl or cyclic N) is 1. The summed E-state index contributed by atoms with van der Waals surface area (Å²) in [7, 11) is 0. The van der Waals surface area contributed by atoms with Crippen molar-refractivity contribution in [1.82, 2.24) is 9.80 Å². The lowest BCUT2D eigenvalue weighted by Gasteiger charge is -2.35. The summed E-state index contributed by atoms with van der Waals surface area (Å²) in [5.74, 6) is 1.47. The molecule has 3 aromatic carbocycles. The molecule has 0 aliphatic carbocycles. The van der Waals surface area contributed by atoms with E-state index in [1.54, 1.807) is 0 Å². The Balaban J connectivity index is 1.20. The molecule has 1 fully saturated rings. The van der Waals surface area contributed by atoms with Crippen molar-refractivity contribution in [2.75, 3.05) is 45.9 Å². The Morgan fingerprint density at radius 3 is 2.39 bits per heavy atom. The van der Waals surface area contributed by atoms with Gasteiger partial charge < -0.3 is 19.5 Å². The highest BCUT2D eigenvalue weighted by Crippen LogP contribution is 2.25. The highest BCUT2D eigenvalue weighted by atomic mass is 16.5. The van der Waals surface area contributed by atoms with Crippen LogP contribution in [0, 0.1) is 0 Å². The minimum absolute atomic E-state index is 0.0134. The fraction of sp³-hybridized carbons (Fsp3) is 0.320. The Morgan fingerprint density at radius 2 is 1.58 bits per heavy atom. The van der Waals surface area contributed by atoms with Crippen LogP contribution in [0.4, 0.5) is 0 Å². The van der Waals surface area contributed by atoms with Crippen molar-refractivity contribution in [1.29, 1.82) is 0 Å². The number of nitrogens with zero attached hydrogens (tertiary/aromatic N) is 2. The lowest BCUT2D eigenvalue weighted by molar-refractivity contribution is -0.135. The molecule has 1 amide bonds. The number of aliphatic hydroxyl groups is 1. The fourth-order valence-electron chi connectivity index (χ4n) is 3.79. The molecule has 3 aromatic rings. The highest BCUT2D eigenvalue weighted by molar-refractivity contribution is 5.88. The molecule has 0 radical (unpaired) electrons. The van der Waals surface area contributed by atoms with Gasteiger partial charge >= 0.3 is 0 Å². The molecule has 0 aromatic heterocycles. The Bertz CT molecular complexity index is 982. The van der Waals surface area contributed by atoms with E-state index in [1.807, 2.05) is 77.7 Å². The number of amides is 1. The predicted molar refractivity (Wildman–Crippen MR) is 120 cm³/mol. The van der Waals surface area contributed by atoms with Gasteiger partial charge in [0.1, 0.15) is 24.2 Å². The molecular formula is C25H28N2O4. The van der Waals surface area contributed by atoms with Gasteiger partial charge in [0.05, 0.1) is 0 Å². The van der Waals surface area contributed by atoms with Crippen LogP contribution in [0.3, 0.4) is 0 Å². The quantitative estimate of drug-likeness (QED) is 0.607. The molecule has 0 saturated carbocycles. The van der Waals surface area contributed by atoms with Gasteiger partial charge in [0.15, 0.2) is 6.61 Å². The molecule has 0 bridgehead atoms. The number of piperazine rings is 1. The van der Waals surface area contributed by atoms with Crippen LogP contribution in [0.2, 0.25) is 0 Å². The van der Waals surface area contributed by atoms with Gasteiger partial charge in [-0.05, 0) is 23.6 Å². The topological polar surface area (TPSA) is 62.2 Å². The van der Waals surface area contributed by atoms with Crippen molar-refractivity contribution in [3.8, 4) is 11.5 Å². The van der Waals surface area contributed by atoms with Crippen LogP contribution in [0.15, 0.2) is 72.8 Å². The number of ether oxygens (including phenoxy) is 2. The molecule has 4 rings (SSSR count). The van der Waals surface area contributed by atoms with Crippen LogP contribution in [-0.4, -0.2) is 72.9 Å². The Hall–Kier alpha value is -3.09. The number of hydrogen-bond donors (Lipinski definition) is 1. The van der Waals surface area contributed by atoms with E-state index in [0.717, 1.165) is 35.4 Å². The zero-order valence-electron chi connectivity index (χ0n) is 17.5. The first kappa shape index (κ1) is 21.2. The summed E-state index contributed by atoms with van der Waals surface area (Å²) in [4.78, 5) is 16.6. The predicted octanol–water partition coefficient (Wildman–Crippen LogP) is 2.80. The minimum atomic E-state index is -0.572. The number of carbonyl (C=O) groups excluding carboxylic acids is 1. The van der Waals surface area contributed by atoms with Crippen molar-refractivity contribution >= 4 is 16.7 Å². The first-order valence-electron chi connectivity index (χ1n) is 10.7. The summed E-state index contributed by atoms with van der Waals surface area (Å²) in [6.45, 7) is 3.52. The second kappa shape index (κ2) is 10.3. The third-order valence-electron chi connectivity index (χ3n) is 5.48. The Kier molecular flexibility index (Phi) is 7.02. The molecule has 1 heterocycles. The number of aliphatic hydroxyl groups excluding tert-OH is 1. The highest BCUT2D eigenvalue weighted by Gasteiger charge is 2.23. The average molecular weight is 421 g/mol. The summed E-state index contributed by atoms with van der Waals surface area (Å²) >= 11 is 0. The van der Waals surface area contributed by atoms with E-state index in [-0.39, 0.29) is 19.1 Å². The van der Waals surface area contributed by atoms with Crippen molar-refractivity contribution in [2.24, 2.45) is 0 Å². The van der Waals surface area contributed by atoms with E-state index < -0.39 is 6.10 Å². The van der Waals surface area contributed by atoms with E-state index in [0.29, 0.717) is 19.6 Å². The number of benzene rings is 3. The van der Waals surface area contributed by atoms with Gasteiger partial charge in [-0.3, -0.25) is 9.69 Å². The van der Waals surface area contributed by atoms with Gasteiger partial charge in [-0.1, -0.05) is 54.6 Å². The fourth-order valence-corrected chi connectivity index (χ4v) is 3.79. The van der Waals surface area contributed by atoms with Crippen molar-refractivity contribution < 1.29 is 19.4 Å². The third-order valence-corrected chi connectivity index (χ3v) is 5.48. The standard InChI is InChI=1S/C25H28N2O4/c28-21(18-30-22-9-2-1-3-10-22)17-26-13-15-27(16-14-26)25(29)19-31-24-12-6-8-20-7-4-5-11-23(20)24/h1-12,21,28H,13-19H2. The number of para-hydroxylation sites is 1. The van der Waals surface area contributed by atoms with Gasteiger partial charge in [-0.15, -0.1) is 0 Å². The van der Waals surface area contributed by atoms with Crippen LogP contribution < -0.4 is 9.47 Å². The first-order chi connectivity index (χ1) is 15.2. The number of carbonyl (C=O) groups is 1. The van der Waals surface area contributed by atoms with Gasteiger partial charge in [0.2, 0.25) is 0 Å². The maximum absolute atomic E-state index is 12.6. The second-order valence-electron chi connectivity index (χ2n) is 7.73. The maximum atomic E-state index is 12.6. The molecule has 1 atom stereocenters. The average Bonchev–Trinajstić information content (AvgIpc) is 2.82. The third kappa shape index (κ3) is 5.75. The van der Waals surface area contributed by atoms with Crippen LogP contribution in [0.5, 0.6) is 11.5 Å². The molecule has 1 saturated heterocycles. The zero-order chi connectivity index (χ0) is 21.5. The molecule has 6 heteroatoms. The summed E-state index contributed by atoms with van der Waals surface area (Å²) in [5, 5.41) is 12.4.